The Labute approximate surface area is 100 Å². The second kappa shape index (κ2) is 4.73. The van der Waals surface area contributed by atoms with Gasteiger partial charge in [-0.05, 0) is 19.1 Å². The van der Waals surface area contributed by atoms with Crippen molar-refractivity contribution in [2.24, 2.45) is 5.73 Å². The first-order valence-electron chi connectivity index (χ1n) is 5.72. The van der Waals surface area contributed by atoms with Crippen LogP contribution in [-0.4, -0.2) is 35.2 Å². The molecule has 0 radical (unpaired) electrons. The third-order valence-corrected chi connectivity index (χ3v) is 2.97. The van der Waals surface area contributed by atoms with Crippen molar-refractivity contribution in [2.45, 2.75) is 19.4 Å². The molecular weight excluding hydrogens is 218 g/mol. The highest BCUT2D eigenvalue weighted by Gasteiger charge is 2.32. The van der Waals surface area contributed by atoms with E-state index >= 15 is 0 Å². The van der Waals surface area contributed by atoms with Crippen molar-refractivity contribution in [3.8, 4) is 5.75 Å². The van der Waals surface area contributed by atoms with Gasteiger partial charge in [-0.1, -0.05) is 6.07 Å². The minimum absolute atomic E-state index is 0.0379. The number of carbonyl (C=O) groups is 1. The summed E-state index contributed by atoms with van der Waals surface area (Å²) < 4.78 is 0. The van der Waals surface area contributed by atoms with Crippen LogP contribution in [0.4, 0.5) is 5.69 Å². The third-order valence-electron chi connectivity index (χ3n) is 2.97. The summed E-state index contributed by atoms with van der Waals surface area (Å²) in [5.74, 6) is 0.193. The number of hydrogen-bond donors (Lipinski definition) is 2. The number of amides is 1. The molecule has 0 aliphatic carbocycles. The van der Waals surface area contributed by atoms with Crippen molar-refractivity contribution >= 4 is 11.6 Å². The number of benzene rings is 1. The molecule has 1 fully saturated rings. The van der Waals surface area contributed by atoms with Crippen LogP contribution in [0.5, 0.6) is 5.75 Å². The lowest BCUT2D eigenvalue weighted by atomic mass is 10.3. The van der Waals surface area contributed by atoms with E-state index in [0.717, 1.165) is 0 Å². The van der Waals surface area contributed by atoms with Crippen LogP contribution in [0.2, 0.25) is 0 Å². The van der Waals surface area contributed by atoms with E-state index in [1.807, 2.05) is 11.9 Å². The molecule has 0 saturated carbocycles. The van der Waals surface area contributed by atoms with Gasteiger partial charge in [0, 0.05) is 31.6 Å². The molecule has 17 heavy (non-hydrogen) atoms. The Morgan fingerprint density at radius 2 is 2.29 bits per heavy atom. The van der Waals surface area contributed by atoms with Crippen LogP contribution in [-0.2, 0) is 4.79 Å². The molecule has 92 valence electrons. The average Bonchev–Trinajstić information content (AvgIpc) is 2.70. The van der Waals surface area contributed by atoms with E-state index in [2.05, 4.69) is 0 Å². The van der Waals surface area contributed by atoms with E-state index in [4.69, 9.17) is 5.73 Å². The largest absolute Gasteiger partial charge is 0.508 e. The monoisotopic (exact) mass is 235 g/mol. The Morgan fingerprint density at radius 3 is 2.94 bits per heavy atom. The van der Waals surface area contributed by atoms with Gasteiger partial charge < -0.3 is 10.8 Å². The Hall–Kier alpha value is -1.59. The van der Waals surface area contributed by atoms with Gasteiger partial charge in [0.25, 0.3) is 0 Å². The number of phenolic OH excluding ortho intramolecular Hbond substituents is 1. The molecule has 1 aromatic rings. The van der Waals surface area contributed by atoms with E-state index in [1.54, 1.807) is 29.3 Å². The normalized spacial score (nSPS) is 18.7. The van der Waals surface area contributed by atoms with Crippen LogP contribution in [0.15, 0.2) is 24.3 Å². The van der Waals surface area contributed by atoms with Crippen LogP contribution in [0, 0.1) is 0 Å². The van der Waals surface area contributed by atoms with Crippen molar-refractivity contribution < 1.29 is 9.90 Å². The minimum atomic E-state index is 0.0379. The van der Waals surface area contributed by atoms with E-state index in [0.29, 0.717) is 25.2 Å². The number of anilines is 1. The highest BCUT2D eigenvalue weighted by atomic mass is 16.3. The molecule has 0 spiro atoms. The quantitative estimate of drug-likeness (QED) is 0.809. The molecule has 2 rings (SSSR count). The zero-order valence-electron chi connectivity index (χ0n) is 9.84. The first-order chi connectivity index (χ1) is 8.13. The predicted octanol–water partition coefficient (Wildman–Crippen LogP) is 0.693. The van der Waals surface area contributed by atoms with E-state index in [-0.39, 0.29) is 17.7 Å². The minimum Gasteiger partial charge on any atom is -0.508 e. The molecule has 1 heterocycles. The van der Waals surface area contributed by atoms with Gasteiger partial charge in [0.15, 0.2) is 0 Å². The smallest absolute Gasteiger partial charge is 0.242 e. The van der Waals surface area contributed by atoms with Crippen molar-refractivity contribution in [1.82, 2.24) is 5.01 Å². The molecule has 0 aromatic heterocycles. The SMILES string of the molecule is CC(CN)N1CCC(=O)N1c1cccc(O)c1. The standard InChI is InChI=1S/C12H17N3O2/c1-9(8-13)14-6-5-12(17)15(14)10-3-2-4-11(16)7-10/h2-4,7,9,16H,5-6,8,13H2,1H3. The Bertz CT molecular complexity index is 422. The van der Waals surface area contributed by atoms with Gasteiger partial charge in [-0.3, -0.25) is 4.79 Å². The van der Waals surface area contributed by atoms with E-state index < -0.39 is 0 Å². The van der Waals surface area contributed by atoms with Gasteiger partial charge >= 0.3 is 0 Å². The summed E-state index contributed by atoms with van der Waals surface area (Å²) in [5.41, 5.74) is 6.33. The second-order valence-electron chi connectivity index (χ2n) is 4.22. The van der Waals surface area contributed by atoms with Crippen LogP contribution >= 0.6 is 0 Å². The Kier molecular flexibility index (Phi) is 3.31. The Morgan fingerprint density at radius 1 is 1.53 bits per heavy atom. The van der Waals surface area contributed by atoms with Gasteiger partial charge in [-0.15, -0.1) is 0 Å². The van der Waals surface area contributed by atoms with E-state index in [1.165, 1.54) is 0 Å². The van der Waals surface area contributed by atoms with Gasteiger partial charge in [-0.2, -0.15) is 0 Å². The van der Waals surface area contributed by atoms with Crippen LogP contribution in [0.1, 0.15) is 13.3 Å². The number of hydrogen-bond acceptors (Lipinski definition) is 4. The summed E-state index contributed by atoms with van der Waals surface area (Å²) in [6.45, 7) is 3.14. The highest BCUT2D eigenvalue weighted by Crippen LogP contribution is 2.26. The van der Waals surface area contributed by atoms with Gasteiger partial charge in [0.1, 0.15) is 5.75 Å². The first kappa shape index (κ1) is 11.9. The third kappa shape index (κ3) is 2.25. The molecule has 1 amide bonds. The molecule has 1 atom stereocenters. The number of aromatic hydroxyl groups is 1. The van der Waals surface area contributed by atoms with Gasteiger partial charge in [-0.25, -0.2) is 10.0 Å². The number of nitrogens with zero attached hydrogens (tertiary/aromatic N) is 2. The lowest BCUT2D eigenvalue weighted by molar-refractivity contribution is -0.118. The summed E-state index contributed by atoms with van der Waals surface area (Å²) in [6, 6.07) is 6.80. The summed E-state index contributed by atoms with van der Waals surface area (Å²) in [6.07, 6.45) is 0.486. The molecule has 1 unspecified atom stereocenters. The predicted molar refractivity (Wildman–Crippen MR) is 65.4 cm³/mol. The van der Waals surface area contributed by atoms with Crippen molar-refractivity contribution in [1.29, 1.82) is 0 Å². The molecule has 1 aromatic carbocycles. The van der Waals surface area contributed by atoms with Crippen LogP contribution in [0.25, 0.3) is 0 Å². The number of hydrazine groups is 1. The fourth-order valence-electron chi connectivity index (χ4n) is 2.02. The Balaban J connectivity index is 2.30. The number of phenols is 1. The zero-order chi connectivity index (χ0) is 12.4. The molecule has 3 N–H and O–H groups in total. The number of nitrogens with two attached hydrogens (primary N) is 1. The summed E-state index contributed by atoms with van der Waals surface area (Å²) in [5, 5.41) is 13.0. The fourth-order valence-corrected chi connectivity index (χ4v) is 2.02. The maximum Gasteiger partial charge on any atom is 0.242 e. The molecule has 5 heteroatoms. The second-order valence-corrected chi connectivity index (χ2v) is 4.22. The molecule has 1 aliphatic heterocycles. The van der Waals surface area contributed by atoms with E-state index in [9.17, 15) is 9.90 Å². The average molecular weight is 235 g/mol. The molecule has 1 saturated heterocycles. The maximum absolute atomic E-state index is 11.9. The van der Waals surface area contributed by atoms with Crippen LogP contribution < -0.4 is 10.7 Å². The summed E-state index contributed by atoms with van der Waals surface area (Å²) in [7, 11) is 0. The summed E-state index contributed by atoms with van der Waals surface area (Å²) >= 11 is 0. The zero-order valence-corrected chi connectivity index (χ0v) is 9.84. The van der Waals surface area contributed by atoms with Crippen molar-refractivity contribution in [3.63, 3.8) is 0 Å². The highest BCUT2D eigenvalue weighted by molar-refractivity contribution is 5.94. The van der Waals surface area contributed by atoms with Crippen molar-refractivity contribution in [2.75, 3.05) is 18.1 Å². The van der Waals surface area contributed by atoms with Crippen molar-refractivity contribution in [3.05, 3.63) is 24.3 Å². The number of rotatable bonds is 3. The lowest BCUT2D eigenvalue weighted by Crippen LogP contribution is -2.47. The molecule has 5 nitrogen and oxygen atoms in total. The summed E-state index contributed by atoms with van der Waals surface area (Å²) in [4.78, 5) is 11.9. The topological polar surface area (TPSA) is 69.8 Å². The maximum atomic E-state index is 11.9. The van der Waals surface area contributed by atoms with Crippen LogP contribution in [0.3, 0.4) is 0 Å². The van der Waals surface area contributed by atoms with Gasteiger partial charge in [0.2, 0.25) is 5.91 Å². The molecule has 0 bridgehead atoms. The molecule has 1 aliphatic rings. The number of carbonyl (C=O) groups excluding carboxylic acids is 1. The molecular formula is C12H17N3O2. The van der Waals surface area contributed by atoms with Gasteiger partial charge in [0.05, 0.1) is 5.69 Å². The fraction of sp³-hybridized carbons (Fsp3) is 0.417. The first-order valence-corrected chi connectivity index (χ1v) is 5.72. The lowest BCUT2D eigenvalue weighted by Gasteiger charge is -2.32.